The zero-order valence-corrected chi connectivity index (χ0v) is 21.2. The van der Waals surface area contributed by atoms with E-state index in [0.29, 0.717) is 12.0 Å². The summed E-state index contributed by atoms with van der Waals surface area (Å²) in [6.45, 7) is 11.3. The number of aromatic nitrogens is 3. The van der Waals surface area contributed by atoms with Crippen LogP contribution >= 0.6 is 23.2 Å². The molecule has 1 aromatic carbocycles. The Morgan fingerprint density at radius 1 is 1.12 bits per heavy atom. The lowest BCUT2D eigenvalue weighted by atomic mass is 10.0. The van der Waals surface area contributed by atoms with Crippen LogP contribution in [-0.4, -0.2) is 53.2 Å². The predicted octanol–water partition coefficient (Wildman–Crippen LogP) is 4.33. The van der Waals surface area contributed by atoms with Gasteiger partial charge in [0.25, 0.3) is 0 Å². The molecule has 32 heavy (non-hydrogen) atoms. The largest absolute Gasteiger partial charge is 0.368 e. The van der Waals surface area contributed by atoms with Gasteiger partial charge in [-0.1, -0.05) is 32.0 Å². The molecule has 0 saturated carbocycles. The van der Waals surface area contributed by atoms with E-state index < -0.39 is 0 Å². The highest BCUT2D eigenvalue weighted by molar-refractivity contribution is 6.29. The molecule has 8 nitrogen and oxygen atoms in total. The highest BCUT2D eigenvalue weighted by atomic mass is 35.5. The number of amides is 1. The SMILES string of the molecule is CCN(c1nc(N)nc(Cl)n1)C(C)C.CCc1cccc(CC)c1N(COC)C(=O)CCl. The third-order valence-electron chi connectivity index (χ3n) is 4.74. The predicted molar refractivity (Wildman–Crippen MR) is 133 cm³/mol. The topological polar surface area (TPSA) is 97.5 Å². The molecular formula is C22H34Cl2N6O2. The molecule has 0 atom stereocenters. The minimum atomic E-state index is -0.130. The molecule has 2 rings (SSSR count). The molecule has 1 aromatic heterocycles. The highest BCUT2D eigenvalue weighted by Crippen LogP contribution is 2.27. The van der Waals surface area contributed by atoms with Gasteiger partial charge in [-0.15, -0.1) is 11.6 Å². The Morgan fingerprint density at radius 3 is 2.12 bits per heavy atom. The number of carbonyl (C=O) groups excluding carboxylic acids is 1. The summed E-state index contributed by atoms with van der Waals surface area (Å²) in [4.78, 5) is 27.3. The van der Waals surface area contributed by atoms with Crippen LogP contribution in [0.1, 0.15) is 45.7 Å². The zero-order valence-electron chi connectivity index (χ0n) is 19.7. The van der Waals surface area contributed by atoms with E-state index in [9.17, 15) is 4.79 Å². The fourth-order valence-corrected chi connectivity index (χ4v) is 3.55. The number of anilines is 3. The van der Waals surface area contributed by atoms with Crippen LogP contribution in [0, 0.1) is 0 Å². The lowest BCUT2D eigenvalue weighted by Crippen LogP contribution is -2.35. The molecule has 0 aliphatic heterocycles. The van der Waals surface area contributed by atoms with Gasteiger partial charge in [-0.25, -0.2) is 0 Å². The molecule has 0 radical (unpaired) electrons. The number of rotatable bonds is 9. The number of halogens is 2. The monoisotopic (exact) mass is 484 g/mol. The van der Waals surface area contributed by atoms with E-state index in [0.717, 1.165) is 36.2 Å². The molecule has 2 aromatic rings. The van der Waals surface area contributed by atoms with Crippen LogP contribution in [0.2, 0.25) is 5.28 Å². The zero-order chi connectivity index (χ0) is 24.3. The second-order valence-corrected chi connectivity index (χ2v) is 7.75. The van der Waals surface area contributed by atoms with Crippen LogP contribution in [-0.2, 0) is 22.4 Å². The van der Waals surface area contributed by atoms with Crippen molar-refractivity contribution >= 4 is 46.7 Å². The van der Waals surface area contributed by atoms with Crippen molar-refractivity contribution in [1.82, 2.24) is 15.0 Å². The number of methoxy groups -OCH3 is 1. The first-order valence-corrected chi connectivity index (χ1v) is 11.5. The Labute approximate surface area is 201 Å². The first-order chi connectivity index (χ1) is 15.2. The molecule has 1 heterocycles. The fraction of sp³-hybridized carbons (Fsp3) is 0.545. The number of hydrogen-bond acceptors (Lipinski definition) is 7. The van der Waals surface area contributed by atoms with Crippen molar-refractivity contribution in [3.05, 3.63) is 34.6 Å². The summed E-state index contributed by atoms with van der Waals surface area (Å²) >= 11 is 11.4. The van der Waals surface area contributed by atoms with Gasteiger partial charge in [0.15, 0.2) is 0 Å². The maximum atomic E-state index is 12.0. The number of nitrogens with zero attached hydrogens (tertiary/aromatic N) is 5. The molecule has 0 aliphatic rings. The maximum absolute atomic E-state index is 12.0. The summed E-state index contributed by atoms with van der Waals surface area (Å²) in [6, 6.07) is 6.41. The number of nitrogen functional groups attached to an aromatic ring is 1. The summed E-state index contributed by atoms with van der Waals surface area (Å²) in [6.07, 6.45) is 1.75. The van der Waals surface area contributed by atoms with E-state index in [-0.39, 0.29) is 29.7 Å². The van der Waals surface area contributed by atoms with E-state index in [2.05, 4.69) is 42.6 Å². The van der Waals surface area contributed by atoms with Crippen molar-refractivity contribution in [1.29, 1.82) is 0 Å². The van der Waals surface area contributed by atoms with Crippen LogP contribution < -0.4 is 15.5 Å². The lowest BCUT2D eigenvalue weighted by Gasteiger charge is -2.26. The van der Waals surface area contributed by atoms with Crippen molar-refractivity contribution in [3.63, 3.8) is 0 Å². The van der Waals surface area contributed by atoms with Gasteiger partial charge < -0.3 is 15.4 Å². The Kier molecular flexibility index (Phi) is 12.3. The van der Waals surface area contributed by atoms with E-state index in [1.807, 2.05) is 30.0 Å². The van der Waals surface area contributed by atoms with E-state index in [1.165, 1.54) is 0 Å². The van der Waals surface area contributed by atoms with E-state index >= 15 is 0 Å². The summed E-state index contributed by atoms with van der Waals surface area (Å²) in [5.74, 6) is 0.512. The maximum Gasteiger partial charge on any atom is 0.243 e. The normalized spacial score (nSPS) is 10.5. The fourth-order valence-electron chi connectivity index (χ4n) is 3.24. The first-order valence-electron chi connectivity index (χ1n) is 10.6. The smallest absolute Gasteiger partial charge is 0.243 e. The molecule has 0 unspecified atom stereocenters. The number of benzene rings is 1. The number of hydrogen-bond donors (Lipinski definition) is 1. The molecule has 1 amide bonds. The second kappa shape index (κ2) is 14.1. The van der Waals surface area contributed by atoms with E-state index in [4.69, 9.17) is 33.7 Å². The number of para-hydroxylation sites is 1. The van der Waals surface area contributed by atoms with Crippen molar-refractivity contribution in [2.75, 3.05) is 41.8 Å². The van der Waals surface area contributed by atoms with Crippen LogP contribution in [0.3, 0.4) is 0 Å². The summed E-state index contributed by atoms with van der Waals surface area (Å²) in [5, 5.41) is 0.131. The van der Waals surface area contributed by atoms with Crippen molar-refractivity contribution in [2.45, 2.75) is 53.5 Å². The Bertz CT molecular complexity index is 824. The molecule has 0 spiro atoms. The molecule has 0 aliphatic carbocycles. The Morgan fingerprint density at radius 2 is 1.72 bits per heavy atom. The van der Waals surface area contributed by atoms with E-state index in [1.54, 1.807) is 12.0 Å². The van der Waals surface area contributed by atoms with Crippen molar-refractivity contribution in [3.8, 4) is 0 Å². The van der Waals surface area contributed by atoms with Gasteiger partial charge in [0.2, 0.25) is 23.1 Å². The summed E-state index contributed by atoms with van der Waals surface area (Å²) in [7, 11) is 1.58. The van der Waals surface area contributed by atoms with Crippen LogP contribution in [0.4, 0.5) is 17.6 Å². The minimum absolute atomic E-state index is 0.0371. The third kappa shape index (κ3) is 7.76. The Hall–Kier alpha value is -2.16. The van der Waals surface area contributed by atoms with Crippen LogP contribution in [0.25, 0.3) is 0 Å². The molecule has 0 saturated heterocycles. The van der Waals surface area contributed by atoms with Gasteiger partial charge in [-0.3, -0.25) is 9.69 Å². The number of aryl methyl sites for hydroxylation is 2. The molecule has 178 valence electrons. The van der Waals surface area contributed by atoms with Gasteiger partial charge >= 0.3 is 0 Å². The van der Waals surface area contributed by atoms with Gasteiger partial charge in [0.1, 0.15) is 12.6 Å². The highest BCUT2D eigenvalue weighted by Gasteiger charge is 2.20. The van der Waals surface area contributed by atoms with Gasteiger partial charge in [0.05, 0.1) is 5.69 Å². The molecule has 0 fully saturated rings. The summed E-state index contributed by atoms with van der Waals surface area (Å²) in [5.41, 5.74) is 8.72. The van der Waals surface area contributed by atoms with Crippen molar-refractivity contribution in [2.24, 2.45) is 0 Å². The lowest BCUT2D eigenvalue weighted by molar-refractivity contribution is -0.117. The third-order valence-corrected chi connectivity index (χ3v) is 5.14. The number of alkyl halides is 1. The molecular weight excluding hydrogens is 451 g/mol. The molecule has 0 bridgehead atoms. The standard InChI is InChI=1S/C14H20ClNO2.C8H14ClN5/c1-4-11-7-6-8-12(5-2)14(11)16(10-18-3)13(17)9-15;1-4-14(5(2)3)8-12-6(9)11-7(10)13-8/h6-8H,4-5,9-10H2,1-3H3;5H,4H2,1-3H3,(H2,10,11,12,13). The Balaban J connectivity index is 0.000000330. The number of ether oxygens (including phenoxy) is 1. The first kappa shape index (κ1) is 27.9. The minimum Gasteiger partial charge on any atom is -0.368 e. The van der Waals surface area contributed by atoms with Gasteiger partial charge in [-0.05, 0) is 56.3 Å². The number of nitrogens with two attached hydrogens (primary N) is 1. The van der Waals surface area contributed by atoms with Crippen LogP contribution in [0.15, 0.2) is 18.2 Å². The average Bonchev–Trinajstić information content (AvgIpc) is 2.76. The summed E-state index contributed by atoms with van der Waals surface area (Å²) < 4.78 is 5.13. The van der Waals surface area contributed by atoms with Gasteiger partial charge in [0, 0.05) is 19.7 Å². The quantitative estimate of drug-likeness (QED) is 0.417. The average molecular weight is 485 g/mol. The van der Waals surface area contributed by atoms with Crippen LogP contribution in [0.5, 0.6) is 0 Å². The number of carbonyl (C=O) groups is 1. The second-order valence-electron chi connectivity index (χ2n) is 7.15. The molecule has 2 N–H and O–H groups in total. The molecule has 10 heteroatoms. The van der Waals surface area contributed by atoms with Crippen molar-refractivity contribution < 1.29 is 9.53 Å². The van der Waals surface area contributed by atoms with Gasteiger partial charge in [-0.2, -0.15) is 15.0 Å².